The number of carbonyl (C=O) groups excluding carboxylic acids is 3. The summed E-state index contributed by atoms with van der Waals surface area (Å²) in [5.74, 6) is -0.629. The SMILES string of the molecule is CC(=O)O[C@]1(C)CC[C@@H]2OC(C)(C)[C@@H](O)CC[C@@]2(C)[C@@H]1CC[C@H]1[C@]2(C)CCC(=O)C(C)(C)O[C@H]2CC[C@]1(C)OC(C)=O. The molecule has 0 radical (unpaired) electrons. The van der Waals surface area contributed by atoms with Crippen molar-refractivity contribution < 1.29 is 38.4 Å². The average Bonchev–Trinajstić information content (AvgIpc) is 3.00. The molecule has 2 saturated carbocycles. The molecule has 9 atom stereocenters. The van der Waals surface area contributed by atoms with Crippen LogP contribution in [0.5, 0.6) is 0 Å². The van der Waals surface area contributed by atoms with E-state index in [4.69, 9.17) is 18.9 Å². The van der Waals surface area contributed by atoms with Crippen molar-refractivity contribution in [1.29, 1.82) is 0 Å². The van der Waals surface area contributed by atoms with E-state index in [1.807, 2.05) is 34.6 Å². The van der Waals surface area contributed by atoms with E-state index in [1.54, 1.807) is 0 Å². The number of aliphatic hydroxyl groups excluding tert-OH is 1. The van der Waals surface area contributed by atoms with E-state index in [1.165, 1.54) is 13.8 Å². The zero-order valence-electron chi connectivity index (χ0n) is 27.8. The molecule has 2 heterocycles. The van der Waals surface area contributed by atoms with Gasteiger partial charge in [-0.1, -0.05) is 13.8 Å². The van der Waals surface area contributed by atoms with Crippen LogP contribution in [0, 0.1) is 22.7 Å². The Morgan fingerprint density at radius 2 is 1.19 bits per heavy atom. The maximum Gasteiger partial charge on any atom is 0.303 e. The van der Waals surface area contributed by atoms with Crippen LogP contribution < -0.4 is 0 Å². The van der Waals surface area contributed by atoms with Gasteiger partial charge in [-0.05, 0) is 99.3 Å². The van der Waals surface area contributed by atoms with Gasteiger partial charge in [0.1, 0.15) is 16.8 Å². The summed E-state index contributed by atoms with van der Waals surface area (Å²) >= 11 is 0. The van der Waals surface area contributed by atoms with Crippen LogP contribution >= 0.6 is 0 Å². The van der Waals surface area contributed by atoms with Crippen LogP contribution in [-0.4, -0.2) is 63.5 Å². The van der Waals surface area contributed by atoms with E-state index < -0.39 is 33.9 Å². The first kappa shape index (κ1) is 33.4. The number of rotatable bonds is 5. The van der Waals surface area contributed by atoms with E-state index in [9.17, 15) is 19.5 Å². The minimum Gasteiger partial charge on any atom is -0.459 e. The predicted molar refractivity (Wildman–Crippen MR) is 159 cm³/mol. The molecule has 2 aliphatic carbocycles. The van der Waals surface area contributed by atoms with Crippen molar-refractivity contribution in [3.63, 3.8) is 0 Å². The van der Waals surface area contributed by atoms with E-state index in [0.717, 1.165) is 19.3 Å². The first-order chi connectivity index (χ1) is 19.2. The highest BCUT2D eigenvalue weighted by molar-refractivity contribution is 5.86. The number of esters is 2. The summed E-state index contributed by atoms with van der Waals surface area (Å²) in [4.78, 5) is 38.0. The maximum atomic E-state index is 13.1. The molecule has 0 bridgehead atoms. The molecule has 0 spiro atoms. The molecule has 8 heteroatoms. The predicted octanol–water partition coefficient (Wildman–Crippen LogP) is 6.09. The van der Waals surface area contributed by atoms with Crippen LogP contribution in [0.25, 0.3) is 0 Å². The highest BCUT2D eigenvalue weighted by atomic mass is 16.6. The van der Waals surface area contributed by atoms with Gasteiger partial charge in [-0.15, -0.1) is 0 Å². The molecule has 0 aromatic rings. The monoisotopic (exact) mass is 592 g/mol. The van der Waals surface area contributed by atoms with Gasteiger partial charge in [0.05, 0.1) is 23.9 Å². The van der Waals surface area contributed by atoms with Gasteiger partial charge in [0.2, 0.25) is 0 Å². The van der Waals surface area contributed by atoms with Crippen molar-refractivity contribution in [3.8, 4) is 0 Å². The van der Waals surface area contributed by atoms with Crippen LogP contribution in [0.4, 0.5) is 0 Å². The molecule has 2 saturated heterocycles. The third-order valence-electron chi connectivity index (χ3n) is 12.0. The van der Waals surface area contributed by atoms with Crippen LogP contribution in [-0.2, 0) is 33.3 Å². The lowest BCUT2D eigenvalue weighted by Gasteiger charge is -2.58. The van der Waals surface area contributed by atoms with Gasteiger partial charge >= 0.3 is 11.9 Å². The number of ketones is 1. The van der Waals surface area contributed by atoms with Crippen LogP contribution in [0.2, 0.25) is 0 Å². The quantitative estimate of drug-likeness (QED) is 0.382. The first-order valence-electron chi connectivity index (χ1n) is 16.1. The standard InChI is InChI=1S/C34H56O8/c1-21(35)39-33(9)19-15-27-31(7,17-13-25(37)29(3,4)41-27)23(33)11-12-24-32(8)18-14-26(38)30(5,6)42-28(32)16-20-34(24,10)40-22(2)36/h23-25,27-28,37H,11-20H2,1-10H3/t23-,24-,25-,27-,28-,31-,32-,33+,34-/m0/s1. The summed E-state index contributed by atoms with van der Waals surface area (Å²) in [5, 5.41) is 11.0. The topological polar surface area (TPSA) is 108 Å². The zero-order valence-corrected chi connectivity index (χ0v) is 27.8. The first-order valence-corrected chi connectivity index (χ1v) is 16.1. The Kier molecular flexibility index (Phi) is 8.85. The minimum atomic E-state index is -0.856. The van der Waals surface area contributed by atoms with Crippen LogP contribution in [0.1, 0.15) is 133 Å². The Balaban J connectivity index is 1.74. The van der Waals surface area contributed by atoms with Crippen molar-refractivity contribution in [2.75, 3.05) is 0 Å². The maximum absolute atomic E-state index is 13.1. The molecular formula is C34H56O8. The van der Waals surface area contributed by atoms with Gasteiger partial charge < -0.3 is 24.1 Å². The lowest BCUT2D eigenvalue weighted by Crippen LogP contribution is -2.60. The summed E-state index contributed by atoms with van der Waals surface area (Å²) in [6, 6.07) is 0. The summed E-state index contributed by atoms with van der Waals surface area (Å²) in [6.45, 7) is 19.1. The summed E-state index contributed by atoms with van der Waals surface area (Å²) in [5.41, 5.74) is -3.69. The Bertz CT molecular complexity index is 1070. The molecule has 4 aliphatic rings. The van der Waals surface area contributed by atoms with Crippen molar-refractivity contribution >= 4 is 17.7 Å². The number of fused-ring (bicyclic) bond motifs is 2. The highest BCUT2D eigenvalue weighted by Crippen LogP contribution is 2.60. The molecule has 0 unspecified atom stereocenters. The van der Waals surface area contributed by atoms with Gasteiger partial charge in [0, 0.05) is 42.9 Å². The van der Waals surface area contributed by atoms with Crippen molar-refractivity contribution in [1.82, 2.24) is 0 Å². The number of aliphatic hydroxyl groups is 1. The minimum absolute atomic E-state index is 0.0518. The number of carbonyl (C=O) groups is 3. The Morgan fingerprint density at radius 1 is 0.738 bits per heavy atom. The van der Waals surface area contributed by atoms with Gasteiger partial charge in [-0.3, -0.25) is 14.4 Å². The van der Waals surface area contributed by atoms with E-state index in [2.05, 4.69) is 20.8 Å². The van der Waals surface area contributed by atoms with Crippen molar-refractivity contribution in [2.24, 2.45) is 22.7 Å². The van der Waals surface area contributed by atoms with Gasteiger partial charge in [0.25, 0.3) is 0 Å². The second-order valence-electron chi connectivity index (χ2n) is 15.9. The van der Waals surface area contributed by atoms with E-state index in [-0.39, 0.29) is 47.2 Å². The fourth-order valence-electron chi connectivity index (χ4n) is 9.59. The fourth-order valence-corrected chi connectivity index (χ4v) is 9.59. The Morgan fingerprint density at radius 3 is 1.67 bits per heavy atom. The lowest BCUT2D eigenvalue weighted by atomic mass is 9.53. The largest absolute Gasteiger partial charge is 0.459 e. The molecule has 1 N–H and O–H groups in total. The molecule has 4 rings (SSSR count). The smallest absolute Gasteiger partial charge is 0.303 e. The molecule has 0 aromatic carbocycles. The third kappa shape index (κ3) is 5.93. The second-order valence-corrected chi connectivity index (χ2v) is 15.9. The van der Waals surface area contributed by atoms with E-state index in [0.29, 0.717) is 44.9 Å². The Hall–Kier alpha value is -1.51. The van der Waals surface area contributed by atoms with Crippen LogP contribution in [0.3, 0.4) is 0 Å². The van der Waals surface area contributed by atoms with Gasteiger partial charge in [-0.2, -0.15) is 0 Å². The molecule has 2 aliphatic heterocycles. The summed E-state index contributed by atoms with van der Waals surface area (Å²) in [7, 11) is 0. The second kappa shape index (κ2) is 11.1. The van der Waals surface area contributed by atoms with Crippen LogP contribution in [0.15, 0.2) is 0 Å². The molecule has 8 nitrogen and oxygen atoms in total. The molecule has 42 heavy (non-hydrogen) atoms. The zero-order chi connectivity index (χ0) is 31.5. The summed E-state index contributed by atoms with van der Waals surface area (Å²) < 4.78 is 25.6. The van der Waals surface area contributed by atoms with Crippen molar-refractivity contribution in [3.05, 3.63) is 0 Å². The number of hydrogen-bond acceptors (Lipinski definition) is 8. The molecule has 0 aromatic heterocycles. The average molecular weight is 593 g/mol. The number of hydrogen-bond donors (Lipinski definition) is 1. The lowest BCUT2D eigenvalue weighted by molar-refractivity contribution is -0.226. The molecule has 4 fully saturated rings. The fraction of sp³-hybridized carbons (Fsp3) is 0.912. The number of ether oxygens (including phenoxy) is 4. The normalized spacial score (nSPS) is 45.0. The molecular weight excluding hydrogens is 536 g/mol. The van der Waals surface area contributed by atoms with Gasteiger partial charge in [-0.25, -0.2) is 0 Å². The highest BCUT2D eigenvalue weighted by Gasteiger charge is 2.61. The van der Waals surface area contributed by atoms with E-state index >= 15 is 0 Å². The van der Waals surface area contributed by atoms with Gasteiger partial charge in [0.15, 0.2) is 5.78 Å². The summed E-state index contributed by atoms with van der Waals surface area (Å²) in [6.07, 6.45) is 5.82. The third-order valence-corrected chi connectivity index (χ3v) is 12.0. The molecule has 0 amide bonds. The Labute approximate surface area is 252 Å². The van der Waals surface area contributed by atoms with Crippen molar-refractivity contribution in [2.45, 2.75) is 174 Å². The molecule has 240 valence electrons. The number of Topliss-reactive ketones (excluding diaryl/α,β-unsaturated/α-hetero) is 1.